The highest BCUT2D eigenvalue weighted by atomic mass is 35.5. The second kappa shape index (κ2) is 11.9. The molecule has 9 nitrogen and oxygen atoms in total. The Hall–Kier alpha value is -3.80. The smallest absolute Gasteiger partial charge is 0.268 e. The number of hydrogen-bond acceptors (Lipinski definition) is 8. The summed E-state index contributed by atoms with van der Waals surface area (Å²) < 4.78 is 39.6. The third-order valence-corrected chi connectivity index (χ3v) is 8.68. The summed E-state index contributed by atoms with van der Waals surface area (Å²) in [5, 5.41) is 8.87. The van der Waals surface area contributed by atoms with Gasteiger partial charge in [-0.1, -0.05) is 17.7 Å². The van der Waals surface area contributed by atoms with E-state index in [9.17, 15) is 13.2 Å². The molecule has 0 aliphatic carbocycles. The van der Waals surface area contributed by atoms with E-state index < -0.39 is 22.5 Å². The van der Waals surface area contributed by atoms with E-state index in [4.69, 9.17) is 21.1 Å². The van der Waals surface area contributed by atoms with Crippen molar-refractivity contribution in [3.63, 3.8) is 0 Å². The number of aryl methyl sites for hydroxylation is 1. The molecule has 0 saturated carbocycles. The molecule has 0 saturated heterocycles. The quantitative estimate of drug-likeness (QED) is 0.246. The Bertz CT molecular complexity index is 1590. The summed E-state index contributed by atoms with van der Waals surface area (Å²) in [5.41, 5.74) is 2.84. The van der Waals surface area contributed by atoms with E-state index in [0.29, 0.717) is 16.5 Å². The van der Waals surface area contributed by atoms with Crippen LogP contribution in [0.15, 0.2) is 70.9 Å². The number of carbonyl (C=O) groups excluding carboxylic acids is 1. The number of hydrogen-bond donors (Lipinski definition) is 2. The molecule has 1 aromatic heterocycles. The number of ether oxygens (including phenoxy) is 2. The minimum absolute atomic E-state index is 0.0591. The van der Waals surface area contributed by atoms with Crippen molar-refractivity contribution in [3.05, 3.63) is 76.6 Å². The van der Waals surface area contributed by atoms with Crippen molar-refractivity contribution >= 4 is 55.4 Å². The lowest BCUT2D eigenvalue weighted by Crippen LogP contribution is -2.38. The lowest BCUT2D eigenvalue weighted by atomic mass is 10.1. The van der Waals surface area contributed by atoms with Crippen LogP contribution in [0.1, 0.15) is 5.56 Å². The zero-order valence-corrected chi connectivity index (χ0v) is 24.1. The van der Waals surface area contributed by atoms with Crippen LogP contribution in [-0.4, -0.2) is 47.1 Å². The number of nitrogens with zero attached hydrogens (tertiary/aromatic N) is 2. The van der Waals surface area contributed by atoms with Gasteiger partial charge < -0.3 is 20.1 Å². The third kappa shape index (κ3) is 6.27. The molecule has 0 spiro atoms. The van der Waals surface area contributed by atoms with Crippen molar-refractivity contribution < 1.29 is 22.7 Å². The highest BCUT2D eigenvalue weighted by Gasteiger charge is 2.30. The molecule has 0 fully saturated rings. The normalized spacial score (nSPS) is 11.1. The predicted octanol–water partition coefficient (Wildman–Crippen LogP) is 5.66. The maximum absolute atomic E-state index is 13.9. The van der Waals surface area contributed by atoms with Gasteiger partial charge in [0.05, 0.1) is 31.3 Å². The Labute approximate surface area is 236 Å². The molecule has 0 aliphatic heterocycles. The largest absolute Gasteiger partial charge is 0.495 e. The molecule has 204 valence electrons. The summed E-state index contributed by atoms with van der Waals surface area (Å²) in [5.74, 6) is 0.000697. The molecule has 1 amide bonds. The number of benzene rings is 3. The van der Waals surface area contributed by atoms with Gasteiger partial charge in [-0.3, -0.25) is 9.10 Å². The van der Waals surface area contributed by atoms with E-state index in [1.54, 1.807) is 50.4 Å². The number of amides is 1. The summed E-state index contributed by atoms with van der Waals surface area (Å²) >= 11 is 7.50. The summed E-state index contributed by atoms with van der Waals surface area (Å²) in [7, 11) is 0.438. The van der Waals surface area contributed by atoms with Crippen LogP contribution in [0.25, 0.3) is 11.3 Å². The number of methoxy groups -OCH3 is 2. The molecule has 4 rings (SSSR count). The van der Waals surface area contributed by atoms with Crippen molar-refractivity contribution in [2.24, 2.45) is 0 Å². The first-order valence-electron chi connectivity index (χ1n) is 11.7. The first-order chi connectivity index (χ1) is 18.7. The van der Waals surface area contributed by atoms with Crippen LogP contribution in [-0.2, 0) is 14.8 Å². The van der Waals surface area contributed by atoms with Gasteiger partial charge in [0, 0.05) is 23.0 Å². The van der Waals surface area contributed by atoms with Crippen molar-refractivity contribution in [3.8, 4) is 22.8 Å². The fourth-order valence-corrected chi connectivity index (χ4v) is 6.30. The molecule has 1 heterocycles. The lowest BCUT2D eigenvalue weighted by Gasteiger charge is -2.25. The highest BCUT2D eigenvalue weighted by Crippen LogP contribution is 2.34. The van der Waals surface area contributed by atoms with Gasteiger partial charge in [-0.15, -0.1) is 11.3 Å². The van der Waals surface area contributed by atoms with Crippen LogP contribution in [0.4, 0.5) is 16.5 Å². The zero-order valence-electron chi connectivity index (χ0n) is 21.7. The SMILES string of the molecule is CNc1nc(-c2ccc(OC)c(NC(=O)CN(c3ccc(Cl)cc3)S(=O)(=O)c3cc(C)ccc3OC)c2)cs1. The van der Waals surface area contributed by atoms with Crippen molar-refractivity contribution in [2.45, 2.75) is 11.8 Å². The molecule has 4 aromatic rings. The van der Waals surface area contributed by atoms with E-state index in [1.165, 1.54) is 43.8 Å². The van der Waals surface area contributed by atoms with Crippen molar-refractivity contribution in [1.82, 2.24) is 4.98 Å². The molecule has 0 atom stereocenters. The molecular formula is C27H27ClN4O5S2. The molecule has 3 aromatic carbocycles. The van der Waals surface area contributed by atoms with Crippen LogP contribution < -0.4 is 24.4 Å². The van der Waals surface area contributed by atoms with E-state index >= 15 is 0 Å². The van der Waals surface area contributed by atoms with Gasteiger partial charge in [0.15, 0.2) is 5.13 Å². The average molecular weight is 587 g/mol. The van der Waals surface area contributed by atoms with Gasteiger partial charge in [-0.25, -0.2) is 13.4 Å². The van der Waals surface area contributed by atoms with Gasteiger partial charge in [-0.05, 0) is 67.1 Å². The number of thiazole rings is 1. The summed E-state index contributed by atoms with van der Waals surface area (Å²) in [6.07, 6.45) is 0. The van der Waals surface area contributed by atoms with E-state index in [0.717, 1.165) is 26.3 Å². The van der Waals surface area contributed by atoms with Crippen LogP contribution in [0.5, 0.6) is 11.5 Å². The fourth-order valence-electron chi connectivity index (χ4n) is 3.83. The van der Waals surface area contributed by atoms with E-state index in [-0.39, 0.29) is 16.3 Å². The lowest BCUT2D eigenvalue weighted by molar-refractivity contribution is -0.114. The van der Waals surface area contributed by atoms with Crippen LogP contribution in [0, 0.1) is 6.92 Å². The van der Waals surface area contributed by atoms with E-state index in [2.05, 4.69) is 15.6 Å². The Morgan fingerprint density at radius 1 is 1.03 bits per heavy atom. The predicted molar refractivity (Wildman–Crippen MR) is 156 cm³/mol. The first-order valence-corrected chi connectivity index (χ1v) is 14.4. The van der Waals surface area contributed by atoms with Gasteiger partial charge in [0.25, 0.3) is 10.0 Å². The van der Waals surface area contributed by atoms with E-state index in [1.807, 2.05) is 11.4 Å². The monoisotopic (exact) mass is 586 g/mol. The third-order valence-electron chi connectivity index (χ3n) is 5.78. The zero-order chi connectivity index (χ0) is 28.2. The van der Waals surface area contributed by atoms with Crippen LogP contribution >= 0.6 is 22.9 Å². The van der Waals surface area contributed by atoms with Gasteiger partial charge in [0.2, 0.25) is 5.91 Å². The maximum Gasteiger partial charge on any atom is 0.268 e. The minimum atomic E-state index is -4.23. The Morgan fingerprint density at radius 2 is 1.72 bits per heavy atom. The molecule has 12 heteroatoms. The van der Waals surface area contributed by atoms with Gasteiger partial charge >= 0.3 is 0 Å². The van der Waals surface area contributed by atoms with Crippen LogP contribution in [0.3, 0.4) is 0 Å². The second-order valence-corrected chi connectivity index (χ2v) is 11.5. The number of halogens is 1. The fraction of sp³-hybridized carbons (Fsp3) is 0.185. The topological polar surface area (TPSA) is 110 Å². The Morgan fingerprint density at radius 3 is 2.36 bits per heavy atom. The summed E-state index contributed by atoms with van der Waals surface area (Å²) in [6, 6.07) is 16.3. The standard InChI is InChI=1S/C27H27ClN4O5S2/c1-17-5-11-24(37-4)25(13-17)39(34,35)32(20-9-7-19(28)8-10-20)15-26(33)30-21-14-18(6-12-23(21)36-3)22-16-38-27(29-2)31-22/h5-14,16H,15H2,1-4H3,(H,29,31)(H,30,33). The minimum Gasteiger partial charge on any atom is -0.495 e. The second-order valence-electron chi connectivity index (χ2n) is 8.39. The summed E-state index contributed by atoms with van der Waals surface area (Å²) in [6.45, 7) is 1.26. The number of nitrogens with one attached hydrogen (secondary N) is 2. The van der Waals surface area contributed by atoms with Crippen LogP contribution in [0.2, 0.25) is 5.02 Å². The number of rotatable bonds is 10. The molecule has 2 N–H and O–H groups in total. The summed E-state index contributed by atoms with van der Waals surface area (Å²) in [4.78, 5) is 17.8. The molecule has 0 aliphatic rings. The van der Waals surface area contributed by atoms with Gasteiger partial charge in [-0.2, -0.15) is 0 Å². The molecule has 0 unspecified atom stereocenters. The molecule has 0 radical (unpaired) electrons. The Kier molecular flexibility index (Phi) is 8.63. The van der Waals surface area contributed by atoms with Crippen molar-refractivity contribution in [1.29, 1.82) is 0 Å². The number of carbonyl (C=O) groups is 1. The number of aromatic nitrogens is 1. The molecule has 39 heavy (non-hydrogen) atoms. The number of sulfonamides is 1. The molecule has 0 bridgehead atoms. The average Bonchev–Trinajstić information content (AvgIpc) is 3.42. The van der Waals surface area contributed by atoms with Gasteiger partial charge in [0.1, 0.15) is 22.9 Å². The number of anilines is 3. The van der Waals surface area contributed by atoms with Crippen molar-refractivity contribution in [2.75, 3.05) is 42.8 Å². The first kappa shape index (κ1) is 28.2. The highest BCUT2D eigenvalue weighted by molar-refractivity contribution is 7.93. The maximum atomic E-state index is 13.9. The Balaban J connectivity index is 1.70. The molecular weight excluding hydrogens is 560 g/mol.